The highest BCUT2D eigenvalue weighted by molar-refractivity contribution is 5.26. The van der Waals surface area contributed by atoms with Crippen molar-refractivity contribution in [2.45, 2.75) is 66.3 Å². The van der Waals surface area contributed by atoms with Crippen LogP contribution in [0.4, 0.5) is 0 Å². The molecule has 0 aliphatic heterocycles. The van der Waals surface area contributed by atoms with E-state index >= 15 is 0 Å². The van der Waals surface area contributed by atoms with Crippen LogP contribution in [-0.4, -0.2) is 11.5 Å². The molecule has 1 aromatic rings. The average molecular weight is 288 g/mol. The van der Waals surface area contributed by atoms with E-state index < -0.39 is 0 Å². The molecule has 2 rings (SSSR count). The fraction of sp³-hybridized carbons (Fsp3) is 0.737. The van der Waals surface area contributed by atoms with Crippen LogP contribution in [0.5, 0.6) is 0 Å². The Labute approximate surface area is 130 Å². The number of pyridine rings is 1. The van der Waals surface area contributed by atoms with Gasteiger partial charge in [-0.15, -0.1) is 0 Å². The maximum atomic E-state index is 4.36. The van der Waals surface area contributed by atoms with Crippen molar-refractivity contribution >= 4 is 0 Å². The van der Waals surface area contributed by atoms with Crippen molar-refractivity contribution in [2.75, 3.05) is 6.54 Å². The molecule has 1 N–H and O–H groups in total. The van der Waals surface area contributed by atoms with Gasteiger partial charge in [0.25, 0.3) is 0 Å². The first-order valence-corrected chi connectivity index (χ1v) is 8.57. The summed E-state index contributed by atoms with van der Waals surface area (Å²) in [6.45, 7) is 12.6. The van der Waals surface area contributed by atoms with Gasteiger partial charge in [0.15, 0.2) is 0 Å². The molecule has 1 atom stereocenters. The van der Waals surface area contributed by atoms with Gasteiger partial charge in [-0.2, -0.15) is 0 Å². The highest BCUT2D eigenvalue weighted by Gasteiger charge is 2.33. The summed E-state index contributed by atoms with van der Waals surface area (Å²) in [5.41, 5.74) is 3.23. The van der Waals surface area contributed by atoms with Crippen LogP contribution in [0.1, 0.15) is 70.5 Å². The summed E-state index contributed by atoms with van der Waals surface area (Å²) in [5.74, 6) is 1.64. The molecule has 1 unspecified atom stereocenters. The van der Waals surface area contributed by atoms with Crippen LogP contribution in [-0.2, 0) is 0 Å². The monoisotopic (exact) mass is 288 g/mol. The molecule has 0 radical (unpaired) electrons. The van der Waals surface area contributed by atoms with Gasteiger partial charge in [0, 0.05) is 18.4 Å². The standard InChI is InChI=1S/C19H32N2/c1-6-21-18(17-13-20-12-11-14(17)2)15-7-9-16(10-8-15)19(3,4)5/h11-13,15-16,18,21H,6-10H2,1-5H3. The Balaban J connectivity index is 2.09. The summed E-state index contributed by atoms with van der Waals surface area (Å²) < 4.78 is 0. The molecule has 1 saturated carbocycles. The van der Waals surface area contributed by atoms with E-state index in [2.05, 4.69) is 57.2 Å². The number of rotatable bonds is 4. The molecule has 1 fully saturated rings. The van der Waals surface area contributed by atoms with Crippen LogP contribution < -0.4 is 5.32 Å². The highest BCUT2D eigenvalue weighted by atomic mass is 14.9. The largest absolute Gasteiger partial charge is 0.310 e. The summed E-state index contributed by atoms with van der Waals surface area (Å²) in [4.78, 5) is 4.36. The first kappa shape index (κ1) is 16.5. The van der Waals surface area contributed by atoms with Gasteiger partial charge in [-0.3, -0.25) is 4.98 Å². The van der Waals surface area contributed by atoms with E-state index in [1.807, 2.05) is 6.20 Å². The second-order valence-corrected chi connectivity index (χ2v) is 7.75. The molecule has 1 aliphatic rings. The minimum absolute atomic E-state index is 0.461. The topological polar surface area (TPSA) is 24.9 Å². The molecular formula is C19H32N2. The molecule has 2 heteroatoms. The Hall–Kier alpha value is -0.890. The van der Waals surface area contributed by atoms with E-state index in [9.17, 15) is 0 Å². The lowest BCUT2D eigenvalue weighted by Gasteiger charge is -2.40. The van der Waals surface area contributed by atoms with Gasteiger partial charge in [0.1, 0.15) is 0 Å². The molecule has 0 aromatic carbocycles. The van der Waals surface area contributed by atoms with E-state index in [4.69, 9.17) is 0 Å². The second-order valence-electron chi connectivity index (χ2n) is 7.75. The Bertz CT molecular complexity index is 439. The molecule has 21 heavy (non-hydrogen) atoms. The van der Waals surface area contributed by atoms with E-state index in [0.29, 0.717) is 11.5 Å². The van der Waals surface area contributed by atoms with Crippen molar-refractivity contribution in [3.8, 4) is 0 Å². The summed E-state index contributed by atoms with van der Waals surface area (Å²) in [5, 5.41) is 3.72. The third-order valence-corrected chi connectivity index (χ3v) is 5.31. The van der Waals surface area contributed by atoms with Gasteiger partial charge >= 0.3 is 0 Å². The SMILES string of the molecule is CCNC(c1cnccc1C)C1CCC(C(C)(C)C)CC1. The maximum absolute atomic E-state index is 4.36. The first-order valence-electron chi connectivity index (χ1n) is 8.57. The van der Waals surface area contributed by atoms with Crippen LogP contribution in [0, 0.1) is 24.2 Å². The zero-order valence-electron chi connectivity index (χ0n) is 14.4. The number of nitrogens with one attached hydrogen (secondary N) is 1. The van der Waals surface area contributed by atoms with Gasteiger partial charge in [-0.1, -0.05) is 27.7 Å². The van der Waals surface area contributed by atoms with Gasteiger partial charge in [0.2, 0.25) is 0 Å². The van der Waals surface area contributed by atoms with Crippen LogP contribution in [0.3, 0.4) is 0 Å². The van der Waals surface area contributed by atoms with E-state index in [-0.39, 0.29) is 0 Å². The smallest absolute Gasteiger partial charge is 0.0366 e. The Morgan fingerprint density at radius 1 is 1.24 bits per heavy atom. The zero-order chi connectivity index (χ0) is 15.5. The number of nitrogens with zero attached hydrogens (tertiary/aromatic N) is 1. The van der Waals surface area contributed by atoms with E-state index in [1.54, 1.807) is 0 Å². The molecule has 1 aliphatic carbocycles. The van der Waals surface area contributed by atoms with E-state index in [1.165, 1.54) is 36.8 Å². The lowest BCUT2D eigenvalue weighted by atomic mass is 9.68. The minimum Gasteiger partial charge on any atom is -0.310 e. The molecule has 1 aromatic heterocycles. The van der Waals surface area contributed by atoms with Crippen LogP contribution >= 0.6 is 0 Å². The van der Waals surface area contributed by atoms with Crippen molar-refractivity contribution in [2.24, 2.45) is 17.3 Å². The predicted molar refractivity (Wildman–Crippen MR) is 90.3 cm³/mol. The predicted octanol–water partition coefficient (Wildman–Crippen LogP) is 4.89. The van der Waals surface area contributed by atoms with Crippen molar-refractivity contribution < 1.29 is 0 Å². The molecule has 0 bridgehead atoms. The Morgan fingerprint density at radius 3 is 2.43 bits per heavy atom. The first-order chi connectivity index (χ1) is 9.93. The number of hydrogen-bond acceptors (Lipinski definition) is 2. The van der Waals surface area contributed by atoms with E-state index in [0.717, 1.165) is 18.4 Å². The van der Waals surface area contributed by atoms with Gasteiger partial charge < -0.3 is 5.32 Å². The summed E-state index contributed by atoms with van der Waals surface area (Å²) in [7, 11) is 0. The van der Waals surface area contributed by atoms with Crippen molar-refractivity contribution in [3.05, 3.63) is 29.6 Å². The summed E-state index contributed by atoms with van der Waals surface area (Å²) >= 11 is 0. The summed E-state index contributed by atoms with van der Waals surface area (Å²) in [6, 6.07) is 2.62. The van der Waals surface area contributed by atoms with Gasteiger partial charge in [-0.05, 0) is 73.6 Å². The maximum Gasteiger partial charge on any atom is 0.0366 e. The second kappa shape index (κ2) is 6.91. The molecule has 0 amide bonds. The number of hydrogen-bond donors (Lipinski definition) is 1. The fourth-order valence-electron chi connectivity index (χ4n) is 3.87. The van der Waals surface area contributed by atoms with Crippen molar-refractivity contribution in [1.29, 1.82) is 0 Å². The quantitative estimate of drug-likeness (QED) is 0.853. The number of aromatic nitrogens is 1. The van der Waals surface area contributed by atoms with Crippen molar-refractivity contribution in [3.63, 3.8) is 0 Å². The summed E-state index contributed by atoms with van der Waals surface area (Å²) in [6.07, 6.45) is 9.39. The molecule has 1 heterocycles. The number of aryl methyl sites for hydroxylation is 1. The third kappa shape index (κ3) is 4.06. The normalized spacial score (nSPS) is 24.8. The molecule has 2 nitrogen and oxygen atoms in total. The lowest BCUT2D eigenvalue weighted by molar-refractivity contribution is 0.132. The average Bonchev–Trinajstić information content (AvgIpc) is 2.45. The lowest BCUT2D eigenvalue weighted by Crippen LogP contribution is -2.34. The highest BCUT2D eigenvalue weighted by Crippen LogP contribution is 2.43. The van der Waals surface area contributed by atoms with Crippen LogP contribution in [0.25, 0.3) is 0 Å². The van der Waals surface area contributed by atoms with Gasteiger partial charge in [0.05, 0.1) is 0 Å². The van der Waals surface area contributed by atoms with Crippen molar-refractivity contribution in [1.82, 2.24) is 10.3 Å². The minimum atomic E-state index is 0.461. The van der Waals surface area contributed by atoms with Gasteiger partial charge in [-0.25, -0.2) is 0 Å². The molecule has 0 saturated heterocycles. The Kier molecular flexibility index (Phi) is 5.43. The van der Waals surface area contributed by atoms with Crippen LogP contribution in [0.2, 0.25) is 0 Å². The molecule has 118 valence electrons. The zero-order valence-corrected chi connectivity index (χ0v) is 14.4. The Morgan fingerprint density at radius 2 is 1.90 bits per heavy atom. The third-order valence-electron chi connectivity index (χ3n) is 5.31. The van der Waals surface area contributed by atoms with Crippen LogP contribution in [0.15, 0.2) is 18.5 Å². The fourth-order valence-corrected chi connectivity index (χ4v) is 3.87. The molecule has 0 spiro atoms. The molecular weight excluding hydrogens is 256 g/mol.